The monoisotopic (exact) mass is 345 g/mol. The molecule has 0 atom stereocenters. The van der Waals surface area contributed by atoms with Gasteiger partial charge in [0.15, 0.2) is 17.5 Å². The second kappa shape index (κ2) is 9.52. The minimum absolute atomic E-state index is 0.235. The van der Waals surface area contributed by atoms with E-state index in [1.165, 1.54) is 13.2 Å². The Morgan fingerprint density at radius 1 is 1.08 bits per heavy atom. The van der Waals surface area contributed by atoms with Crippen LogP contribution in [0.15, 0.2) is 47.5 Å². The summed E-state index contributed by atoms with van der Waals surface area (Å²) < 4.78 is 24.3. The normalized spacial score (nSPS) is 11.1. The molecule has 0 saturated heterocycles. The quantitative estimate of drug-likeness (QED) is 0.598. The summed E-state index contributed by atoms with van der Waals surface area (Å²) in [5.41, 5.74) is 1.85. The predicted molar refractivity (Wildman–Crippen MR) is 97.6 cm³/mol. The van der Waals surface area contributed by atoms with Crippen molar-refractivity contribution < 1.29 is 13.9 Å². The Hall–Kier alpha value is -2.76. The van der Waals surface area contributed by atoms with E-state index in [4.69, 9.17) is 9.47 Å². The largest absolute Gasteiger partial charge is 0.494 e. The number of aliphatic imine (C=N–C) groups is 1. The Labute approximate surface area is 147 Å². The van der Waals surface area contributed by atoms with Crippen LogP contribution in [0.5, 0.6) is 11.5 Å². The first-order valence-corrected chi connectivity index (χ1v) is 8.15. The Balaban J connectivity index is 1.92. The first-order valence-electron chi connectivity index (χ1n) is 8.15. The molecule has 0 saturated carbocycles. The average Bonchev–Trinajstić information content (AvgIpc) is 2.63. The zero-order valence-electron chi connectivity index (χ0n) is 14.8. The Kier molecular flexibility index (Phi) is 7.07. The third-order valence-electron chi connectivity index (χ3n) is 3.62. The highest BCUT2D eigenvalue weighted by molar-refractivity contribution is 5.79. The molecule has 2 N–H and O–H groups in total. The minimum Gasteiger partial charge on any atom is -0.494 e. The van der Waals surface area contributed by atoms with Crippen molar-refractivity contribution >= 4 is 5.96 Å². The van der Waals surface area contributed by atoms with E-state index in [1.807, 2.05) is 37.3 Å². The smallest absolute Gasteiger partial charge is 0.191 e. The van der Waals surface area contributed by atoms with Gasteiger partial charge in [0.1, 0.15) is 5.75 Å². The maximum absolute atomic E-state index is 13.7. The van der Waals surface area contributed by atoms with Gasteiger partial charge in [0.25, 0.3) is 0 Å². The first-order chi connectivity index (χ1) is 12.2. The van der Waals surface area contributed by atoms with Crippen LogP contribution in [0.4, 0.5) is 4.39 Å². The van der Waals surface area contributed by atoms with Gasteiger partial charge in [-0.1, -0.05) is 24.3 Å². The molecule has 0 amide bonds. The summed E-state index contributed by atoms with van der Waals surface area (Å²) in [5, 5.41) is 6.40. The van der Waals surface area contributed by atoms with E-state index >= 15 is 0 Å². The summed E-state index contributed by atoms with van der Waals surface area (Å²) >= 11 is 0. The molecule has 6 heteroatoms. The van der Waals surface area contributed by atoms with Gasteiger partial charge in [-0.15, -0.1) is 0 Å². The van der Waals surface area contributed by atoms with E-state index in [9.17, 15) is 4.39 Å². The zero-order valence-corrected chi connectivity index (χ0v) is 14.8. The van der Waals surface area contributed by atoms with Crippen LogP contribution in [-0.4, -0.2) is 26.7 Å². The van der Waals surface area contributed by atoms with Gasteiger partial charge in [0.05, 0.1) is 13.7 Å². The SMILES string of the molecule is CCOc1ccccc1CNC(=NC)NCc1ccc(OC)c(F)c1. The lowest BCUT2D eigenvalue weighted by atomic mass is 10.2. The van der Waals surface area contributed by atoms with E-state index in [0.717, 1.165) is 16.9 Å². The third-order valence-corrected chi connectivity index (χ3v) is 3.62. The molecule has 0 bridgehead atoms. The molecule has 0 unspecified atom stereocenters. The van der Waals surface area contributed by atoms with Crippen molar-refractivity contribution in [3.63, 3.8) is 0 Å². The highest BCUT2D eigenvalue weighted by Gasteiger charge is 2.06. The summed E-state index contributed by atoms with van der Waals surface area (Å²) in [7, 11) is 3.14. The number of ether oxygens (including phenoxy) is 2. The second-order valence-electron chi connectivity index (χ2n) is 5.29. The van der Waals surface area contributed by atoms with E-state index in [-0.39, 0.29) is 11.6 Å². The average molecular weight is 345 g/mol. The van der Waals surface area contributed by atoms with Gasteiger partial charge in [0, 0.05) is 25.7 Å². The molecule has 134 valence electrons. The minimum atomic E-state index is -0.379. The molecule has 0 aliphatic carbocycles. The van der Waals surface area contributed by atoms with Crippen molar-refractivity contribution in [2.75, 3.05) is 20.8 Å². The first kappa shape index (κ1) is 18.6. The van der Waals surface area contributed by atoms with Crippen LogP contribution < -0.4 is 20.1 Å². The van der Waals surface area contributed by atoms with Crippen molar-refractivity contribution in [2.24, 2.45) is 4.99 Å². The lowest BCUT2D eigenvalue weighted by molar-refractivity contribution is 0.336. The number of halogens is 1. The molecule has 0 aliphatic rings. The van der Waals surface area contributed by atoms with Crippen LogP contribution in [-0.2, 0) is 13.1 Å². The molecule has 2 aromatic rings. The fraction of sp³-hybridized carbons (Fsp3) is 0.316. The van der Waals surface area contributed by atoms with Gasteiger partial charge in [-0.2, -0.15) is 0 Å². The molecular formula is C19H24FN3O2. The summed E-state index contributed by atoms with van der Waals surface area (Å²) in [6.07, 6.45) is 0. The number of guanidine groups is 1. The number of nitrogens with zero attached hydrogens (tertiary/aromatic N) is 1. The maximum atomic E-state index is 13.7. The Morgan fingerprint density at radius 3 is 2.52 bits per heavy atom. The van der Waals surface area contributed by atoms with Gasteiger partial charge in [-0.25, -0.2) is 4.39 Å². The van der Waals surface area contributed by atoms with Gasteiger partial charge in [0.2, 0.25) is 0 Å². The van der Waals surface area contributed by atoms with Gasteiger partial charge in [-0.3, -0.25) is 4.99 Å². The van der Waals surface area contributed by atoms with E-state index in [0.29, 0.717) is 25.7 Å². The van der Waals surface area contributed by atoms with Crippen LogP contribution >= 0.6 is 0 Å². The van der Waals surface area contributed by atoms with Crippen LogP contribution in [0, 0.1) is 5.82 Å². The molecule has 0 aliphatic heterocycles. The van der Waals surface area contributed by atoms with Gasteiger partial charge in [-0.05, 0) is 30.7 Å². The lowest BCUT2D eigenvalue weighted by Crippen LogP contribution is -2.36. The molecule has 0 heterocycles. The summed E-state index contributed by atoms with van der Waals surface area (Å²) in [4.78, 5) is 4.19. The number of rotatable bonds is 7. The molecule has 0 radical (unpaired) electrons. The topological polar surface area (TPSA) is 54.9 Å². The van der Waals surface area contributed by atoms with Crippen LogP contribution in [0.3, 0.4) is 0 Å². The standard InChI is InChI=1S/C19H24FN3O2/c1-4-25-17-8-6-5-7-15(17)13-23-19(21-2)22-12-14-9-10-18(24-3)16(20)11-14/h5-11H,4,12-13H2,1-3H3,(H2,21,22,23). The number of benzene rings is 2. The van der Waals surface area contributed by atoms with E-state index in [2.05, 4.69) is 15.6 Å². The fourth-order valence-corrected chi connectivity index (χ4v) is 2.35. The van der Waals surface area contributed by atoms with Gasteiger partial charge < -0.3 is 20.1 Å². The van der Waals surface area contributed by atoms with E-state index < -0.39 is 0 Å². The van der Waals surface area contributed by atoms with Crippen molar-refractivity contribution in [3.8, 4) is 11.5 Å². The molecule has 0 aromatic heterocycles. The molecule has 0 spiro atoms. The van der Waals surface area contributed by atoms with Crippen LogP contribution in [0.25, 0.3) is 0 Å². The van der Waals surface area contributed by atoms with E-state index in [1.54, 1.807) is 13.1 Å². The predicted octanol–water partition coefficient (Wildman–Crippen LogP) is 3.10. The lowest BCUT2D eigenvalue weighted by Gasteiger charge is -2.14. The van der Waals surface area contributed by atoms with Crippen molar-refractivity contribution in [1.82, 2.24) is 10.6 Å². The van der Waals surface area contributed by atoms with Gasteiger partial charge >= 0.3 is 0 Å². The molecule has 2 rings (SSSR count). The fourth-order valence-electron chi connectivity index (χ4n) is 2.35. The number of nitrogens with one attached hydrogen (secondary N) is 2. The summed E-state index contributed by atoms with van der Waals surface area (Å²) in [6, 6.07) is 12.7. The van der Waals surface area contributed by atoms with Crippen LogP contribution in [0.1, 0.15) is 18.1 Å². The number of methoxy groups -OCH3 is 1. The Bertz CT molecular complexity index is 720. The van der Waals surface area contributed by atoms with Crippen LogP contribution in [0.2, 0.25) is 0 Å². The highest BCUT2D eigenvalue weighted by Crippen LogP contribution is 2.18. The third kappa shape index (κ3) is 5.38. The molecule has 25 heavy (non-hydrogen) atoms. The van der Waals surface area contributed by atoms with Crippen molar-refractivity contribution in [1.29, 1.82) is 0 Å². The zero-order chi connectivity index (χ0) is 18.1. The van der Waals surface area contributed by atoms with Crippen molar-refractivity contribution in [3.05, 3.63) is 59.4 Å². The molecular weight excluding hydrogens is 321 g/mol. The number of hydrogen-bond acceptors (Lipinski definition) is 3. The highest BCUT2D eigenvalue weighted by atomic mass is 19.1. The maximum Gasteiger partial charge on any atom is 0.191 e. The number of para-hydroxylation sites is 1. The molecule has 0 fully saturated rings. The van der Waals surface area contributed by atoms with Crippen molar-refractivity contribution in [2.45, 2.75) is 20.0 Å². The summed E-state index contributed by atoms with van der Waals surface area (Å²) in [5.74, 6) is 1.34. The summed E-state index contributed by atoms with van der Waals surface area (Å²) in [6.45, 7) is 3.60. The molecule has 2 aromatic carbocycles. The Morgan fingerprint density at radius 2 is 1.84 bits per heavy atom. The number of hydrogen-bond donors (Lipinski definition) is 2. The second-order valence-corrected chi connectivity index (χ2v) is 5.29. The molecule has 5 nitrogen and oxygen atoms in total.